The molecule has 0 aliphatic carbocycles. The fraction of sp³-hybridized carbons (Fsp3) is 0.583. The van der Waals surface area contributed by atoms with Crippen LogP contribution in [0.25, 0.3) is 0 Å². The normalized spacial score (nSPS) is 12.9. The van der Waals surface area contributed by atoms with Gasteiger partial charge >= 0.3 is 25.9 Å². The third kappa shape index (κ3) is 17.8. The van der Waals surface area contributed by atoms with Crippen molar-refractivity contribution in [1.82, 2.24) is 0 Å². The van der Waals surface area contributed by atoms with Crippen molar-refractivity contribution >= 4 is 7.32 Å². The van der Waals surface area contributed by atoms with Crippen LogP contribution in [0.15, 0.2) is 79.4 Å². The van der Waals surface area contributed by atoms with E-state index in [2.05, 4.69) is 27.4 Å². The summed E-state index contributed by atoms with van der Waals surface area (Å²) in [7, 11) is -1.86. The molecule has 0 aliphatic heterocycles. The molecular formula is C48H66BF9NO3+. The van der Waals surface area contributed by atoms with E-state index < -0.39 is 48.6 Å². The molecular weight excluding hydrogens is 820 g/mol. The maximum Gasteiger partial charge on any atom is 0.864 e. The fourth-order valence-corrected chi connectivity index (χ4v) is 7.93. The molecule has 0 spiro atoms. The van der Waals surface area contributed by atoms with Gasteiger partial charge in [-0.15, -0.1) is 0 Å². The first-order valence-corrected chi connectivity index (χ1v) is 22.5. The van der Waals surface area contributed by atoms with Gasteiger partial charge in [0, 0.05) is 0 Å². The van der Waals surface area contributed by atoms with Gasteiger partial charge in [-0.1, -0.05) is 104 Å². The topological polar surface area (TPSA) is 27.7 Å². The zero-order valence-corrected chi connectivity index (χ0v) is 36.7. The molecule has 0 amide bonds. The first-order valence-electron chi connectivity index (χ1n) is 22.5. The Bertz CT molecular complexity index is 1600. The minimum absolute atomic E-state index is 0.0527. The summed E-state index contributed by atoms with van der Waals surface area (Å²) in [6.45, 7) is 12.7. The number of quaternary nitrogens is 1. The first-order chi connectivity index (χ1) is 29.5. The van der Waals surface area contributed by atoms with E-state index in [4.69, 9.17) is 14.0 Å². The molecule has 0 aromatic heterocycles. The van der Waals surface area contributed by atoms with Crippen LogP contribution in [0.5, 0.6) is 17.2 Å². The quantitative estimate of drug-likeness (QED) is 0.0219. The third-order valence-corrected chi connectivity index (χ3v) is 11.4. The summed E-state index contributed by atoms with van der Waals surface area (Å²) in [6, 6.07) is 9.63. The molecule has 0 bridgehead atoms. The number of unbranched alkanes of at least 4 members (excludes halogenated alkanes) is 15. The average Bonchev–Trinajstić information content (AvgIpc) is 3.21. The second-order valence-electron chi connectivity index (χ2n) is 16.3. The molecule has 0 aliphatic rings. The summed E-state index contributed by atoms with van der Waals surface area (Å²) in [4.78, 5) is 0. The second kappa shape index (κ2) is 26.1. The second-order valence-corrected chi connectivity index (χ2v) is 16.3. The summed E-state index contributed by atoms with van der Waals surface area (Å²) in [5.74, 6) is -0.353. The van der Waals surface area contributed by atoms with E-state index in [1.54, 1.807) is 6.08 Å². The minimum atomic E-state index is -4.72. The van der Waals surface area contributed by atoms with Crippen LogP contribution < -0.4 is 14.0 Å². The molecule has 0 saturated carbocycles. The SMILES string of the molecule is C=CC(c1cc(C(F)(F)F)ccc1OB(Oc1ccc(C(F)(F)F)cc1)Oc1ccc(C(F)(F)F)cc1)[N+](CCCCCCCC)(CCCCCCCC)CCCCCCCC. The molecule has 3 aromatic rings. The highest BCUT2D eigenvalue weighted by molar-refractivity contribution is 6.39. The lowest BCUT2D eigenvalue weighted by Gasteiger charge is -2.45. The molecule has 3 aromatic carbocycles. The van der Waals surface area contributed by atoms with Crippen LogP contribution in [0.4, 0.5) is 39.5 Å². The van der Waals surface area contributed by atoms with Crippen molar-refractivity contribution < 1.29 is 58.0 Å². The van der Waals surface area contributed by atoms with Gasteiger partial charge < -0.3 is 18.4 Å². The zero-order valence-electron chi connectivity index (χ0n) is 36.7. The van der Waals surface area contributed by atoms with Crippen molar-refractivity contribution in [2.24, 2.45) is 0 Å². The molecule has 346 valence electrons. The van der Waals surface area contributed by atoms with Gasteiger partial charge in [0.25, 0.3) is 0 Å². The lowest BCUT2D eigenvalue weighted by Crippen LogP contribution is -2.52. The van der Waals surface area contributed by atoms with E-state index in [0.717, 1.165) is 176 Å². The van der Waals surface area contributed by atoms with Crippen molar-refractivity contribution in [1.29, 1.82) is 0 Å². The Balaban J connectivity index is 2.17. The monoisotopic (exact) mass is 886 g/mol. The van der Waals surface area contributed by atoms with Gasteiger partial charge in [0.15, 0.2) is 0 Å². The number of hydrogen-bond donors (Lipinski definition) is 0. The maximum absolute atomic E-state index is 14.6. The van der Waals surface area contributed by atoms with Crippen LogP contribution in [0.2, 0.25) is 0 Å². The molecule has 62 heavy (non-hydrogen) atoms. The summed E-state index contributed by atoms with van der Waals surface area (Å²) < 4.78 is 143. The van der Waals surface area contributed by atoms with E-state index in [9.17, 15) is 39.5 Å². The van der Waals surface area contributed by atoms with Crippen molar-refractivity contribution in [3.05, 3.63) is 102 Å². The predicted octanol–water partition coefficient (Wildman–Crippen LogP) is 16.4. The van der Waals surface area contributed by atoms with Gasteiger partial charge in [0.2, 0.25) is 0 Å². The summed E-state index contributed by atoms with van der Waals surface area (Å²) in [5.41, 5.74) is -2.65. The highest BCUT2D eigenvalue weighted by atomic mass is 19.4. The van der Waals surface area contributed by atoms with Crippen molar-refractivity contribution in [3.8, 4) is 17.2 Å². The van der Waals surface area contributed by atoms with Gasteiger partial charge in [0.05, 0.1) is 41.9 Å². The molecule has 0 saturated heterocycles. The molecule has 0 heterocycles. The molecule has 3 rings (SSSR count). The number of alkyl halides is 9. The van der Waals surface area contributed by atoms with E-state index in [0.29, 0.717) is 24.1 Å². The lowest BCUT2D eigenvalue weighted by atomic mass is 9.95. The van der Waals surface area contributed by atoms with Crippen LogP contribution in [0.1, 0.15) is 165 Å². The highest BCUT2D eigenvalue weighted by Crippen LogP contribution is 2.42. The van der Waals surface area contributed by atoms with Crippen LogP contribution in [-0.4, -0.2) is 31.4 Å². The summed E-state index contributed by atoms with van der Waals surface area (Å²) in [6.07, 6.45) is 6.22. The van der Waals surface area contributed by atoms with E-state index in [-0.39, 0.29) is 22.8 Å². The Labute approximate surface area is 364 Å². The van der Waals surface area contributed by atoms with Crippen molar-refractivity contribution in [2.45, 2.75) is 161 Å². The van der Waals surface area contributed by atoms with Gasteiger partial charge in [-0.25, -0.2) is 0 Å². The molecule has 4 nitrogen and oxygen atoms in total. The van der Waals surface area contributed by atoms with E-state index >= 15 is 0 Å². The largest absolute Gasteiger partial charge is 0.864 e. The number of benzene rings is 3. The Morgan fingerprint density at radius 2 is 0.823 bits per heavy atom. The molecule has 0 N–H and O–H groups in total. The summed E-state index contributed by atoms with van der Waals surface area (Å²) in [5, 5.41) is 0. The van der Waals surface area contributed by atoms with Crippen LogP contribution in [0, 0.1) is 0 Å². The van der Waals surface area contributed by atoms with Crippen LogP contribution in [-0.2, 0) is 18.5 Å². The standard InChI is InChI=1S/C48H66BF9NO3/c1-5-9-12-15-18-21-34-59(35-22-19-16-13-10-6-2,36-23-20-17-14-11-7-3)44(8-4)43-37-40(48(56,57)58)28-33-45(43)62-49(60-41-29-24-38(25-30-41)46(50,51)52)61-42-31-26-39(27-32-42)47(53,54)55/h8,24-33,37,44H,4-7,9-23,34-36H2,1-3H3/q+1. The van der Waals surface area contributed by atoms with Gasteiger partial charge in [-0.2, -0.15) is 39.5 Å². The Morgan fingerprint density at radius 3 is 1.16 bits per heavy atom. The molecule has 0 radical (unpaired) electrons. The number of hydrogen-bond acceptors (Lipinski definition) is 3. The number of nitrogens with zero attached hydrogens (tertiary/aromatic N) is 1. The molecule has 14 heteroatoms. The Kier molecular flexibility index (Phi) is 22.1. The number of rotatable bonds is 30. The van der Waals surface area contributed by atoms with Gasteiger partial charge in [-0.3, -0.25) is 0 Å². The van der Waals surface area contributed by atoms with Crippen molar-refractivity contribution in [2.75, 3.05) is 19.6 Å². The molecule has 1 unspecified atom stereocenters. The van der Waals surface area contributed by atoms with E-state index in [1.807, 2.05) is 0 Å². The van der Waals surface area contributed by atoms with Crippen LogP contribution >= 0.6 is 0 Å². The summed E-state index contributed by atoms with van der Waals surface area (Å²) >= 11 is 0. The predicted molar refractivity (Wildman–Crippen MR) is 230 cm³/mol. The smallest absolute Gasteiger partial charge is 0.490 e. The lowest BCUT2D eigenvalue weighted by molar-refractivity contribution is -0.951. The fourth-order valence-electron chi connectivity index (χ4n) is 7.93. The zero-order chi connectivity index (χ0) is 45.7. The van der Waals surface area contributed by atoms with Crippen LogP contribution in [0.3, 0.4) is 0 Å². The van der Waals surface area contributed by atoms with E-state index in [1.165, 1.54) is 6.07 Å². The maximum atomic E-state index is 14.6. The first kappa shape index (κ1) is 52.5. The number of halogens is 9. The molecule has 1 atom stereocenters. The minimum Gasteiger partial charge on any atom is -0.490 e. The average molecular weight is 887 g/mol. The van der Waals surface area contributed by atoms with Gasteiger partial charge in [-0.05, 0) is 111 Å². The Morgan fingerprint density at radius 1 is 0.484 bits per heavy atom. The van der Waals surface area contributed by atoms with Gasteiger partial charge in [0.1, 0.15) is 23.3 Å². The third-order valence-electron chi connectivity index (χ3n) is 11.4. The Hall–Kier alpha value is -3.81. The molecule has 0 fully saturated rings. The van der Waals surface area contributed by atoms with Crippen molar-refractivity contribution in [3.63, 3.8) is 0 Å². The highest BCUT2D eigenvalue weighted by Gasteiger charge is 2.42.